The highest BCUT2D eigenvalue weighted by atomic mass is 32.1. The van der Waals surface area contributed by atoms with E-state index in [4.69, 9.17) is 0 Å². The maximum Gasteiger partial charge on any atom is 0.170 e. The van der Waals surface area contributed by atoms with Gasteiger partial charge in [-0.15, -0.1) is 11.3 Å². The van der Waals surface area contributed by atoms with E-state index in [-0.39, 0.29) is 7.59 Å². The molecule has 1 aliphatic rings. The molecule has 0 aliphatic carbocycles. The van der Waals surface area contributed by atoms with Gasteiger partial charge < -0.3 is 10.6 Å². The van der Waals surface area contributed by atoms with E-state index in [9.17, 15) is 0 Å². The van der Waals surface area contributed by atoms with Gasteiger partial charge in [-0.3, -0.25) is 4.99 Å². The van der Waals surface area contributed by atoms with E-state index in [0.29, 0.717) is 0 Å². The van der Waals surface area contributed by atoms with Gasteiger partial charge in [-0.25, -0.2) is 4.98 Å². The van der Waals surface area contributed by atoms with E-state index in [1.165, 1.54) is 0 Å². The summed E-state index contributed by atoms with van der Waals surface area (Å²) in [4.78, 5) is 8.89. The quantitative estimate of drug-likeness (QED) is 0.807. The molecule has 1 aliphatic heterocycles. The van der Waals surface area contributed by atoms with E-state index in [1.54, 1.807) is 17.6 Å². The maximum atomic E-state index is 4.57. The standard InChI is InChI=1S/C11H16N4S.C2H6.H2/c1-2-12-7-4-9-8-16-11(15-9)10-13-5-3-6-14-10;1-2;/h3,5-6,8,10,12-13H,2,4,7H2,1H3;1-2H3;1H. The monoisotopic (exact) mass is 268 g/mol. The molecule has 4 nitrogen and oxygen atoms in total. The van der Waals surface area contributed by atoms with Gasteiger partial charge in [-0.05, 0) is 18.8 Å². The molecule has 5 heteroatoms. The summed E-state index contributed by atoms with van der Waals surface area (Å²) in [7, 11) is 0. The molecular weight excluding hydrogens is 244 g/mol. The first-order chi connectivity index (χ1) is 8.90. The van der Waals surface area contributed by atoms with Gasteiger partial charge in [0.2, 0.25) is 0 Å². The number of nitrogens with zero attached hydrogens (tertiary/aromatic N) is 2. The average Bonchev–Trinajstić information content (AvgIpc) is 2.91. The number of allylic oxidation sites excluding steroid dienone is 1. The highest BCUT2D eigenvalue weighted by molar-refractivity contribution is 7.09. The van der Waals surface area contributed by atoms with E-state index in [0.717, 1.165) is 30.2 Å². The highest BCUT2D eigenvalue weighted by Crippen LogP contribution is 2.20. The Balaban J connectivity index is 0.00000103. The van der Waals surface area contributed by atoms with Crippen molar-refractivity contribution < 1.29 is 1.43 Å². The van der Waals surface area contributed by atoms with E-state index >= 15 is 0 Å². The molecule has 0 spiro atoms. The Morgan fingerprint density at radius 2 is 2.33 bits per heavy atom. The van der Waals surface area contributed by atoms with Crippen molar-refractivity contribution >= 4 is 17.6 Å². The zero-order valence-electron chi connectivity index (χ0n) is 11.3. The summed E-state index contributed by atoms with van der Waals surface area (Å²) in [5, 5.41) is 9.61. The minimum atomic E-state index is 0. The molecule has 0 radical (unpaired) electrons. The van der Waals surface area contributed by atoms with Crippen LogP contribution in [0.3, 0.4) is 0 Å². The second kappa shape index (κ2) is 8.83. The lowest BCUT2D eigenvalue weighted by Gasteiger charge is -2.11. The first-order valence-electron chi connectivity index (χ1n) is 6.49. The third-order valence-corrected chi connectivity index (χ3v) is 3.23. The minimum Gasteiger partial charge on any atom is -0.364 e. The predicted molar refractivity (Wildman–Crippen MR) is 81.3 cm³/mol. The van der Waals surface area contributed by atoms with Crippen LogP contribution in [0.15, 0.2) is 22.6 Å². The Bertz CT molecular complexity index is 390. The van der Waals surface area contributed by atoms with Gasteiger partial charge >= 0.3 is 0 Å². The first kappa shape index (κ1) is 14.9. The molecule has 102 valence electrons. The summed E-state index contributed by atoms with van der Waals surface area (Å²) >= 11 is 1.67. The van der Waals surface area contributed by atoms with Crippen LogP contribution >= 0.6 is 11.3 Å². The van der Waals surface area contributed by atoms with E-state index in [1.807, 2.05) is 26.1 Å². The molecule has 0 amide bonds. The van der Waals surface area contributed by atoms with Crippen molar-refractivity contribution in [1.82, 2.24) is 15.6 Å². The van der Waals surface area contributed by atoms with Gasteiger partial charge in [-0.2, -0.15) is 0 Å². The topological polar surface area (TPSA) is 49.3 Å². The van der Waals surface area contributed by atoms with E-state index < -0.39 is 0 Å². The molecule has 1 aromatic rings. The minimum absolute atomic E-state index is 0. The van der Waals surface area contributed by atoms with Crippen molar-refractivity contribution in [3.05, 3.63) is 28.4 Å². The second-order valence-electron chi connectivity index (χ2n) is 3.51. The molecule has 2 rings (SSSR count). The van der Waals surface area contributed by atoms with Crippen molar-refractivity contribution in [3.63, 3.8) is 0 Å². The summed E-state index contributed by atoms with van der Waals surface area (Å²) in [6.45, 7) is 8.11. The lowest BCUT2D eigenvalue weighted by atomic mass is 10.3. The molecule has 1 unspecified atom stereocenters. The van der Waals surface area contributed by atoms with Crippen LogP contribution < -0.4 is 10.6 Å². The molecular formula is C13H24N4S. The van der Waals surface area contributed by atoms with Gasteiger partial charge in [0.05, 0.1) is 5.69 Å². The third-order valence-electron chi connectivity index (χ3n) is 2.28. The van der Waals surface area contributed by atoms with Crippen molar-refractivity contribution in [2.75, 3.05) is 13.1 Å². The molecule has 0 bridgehead atoms. The number of aromatic nitrogens is 1. The van der Waals surface area contributed by atoms with Crippen LogP contribution in [0.4, 0.5) is 0 Å². The second-order valence-corrected chi connectivity index (χ2v) is 4.40. The lowest BCUT2D eigenvalue weighted by Crippen LogP contribution is -2.17. The number of aliphatic imine (C=N–C) groups is 1. The number of hydrogen-bond donors (Lipinski definition) is 2. The molecule has 1 atom stereocenters. The Hall–Kier alpha value is -1.20. The fraction of sp³-hybridized carbons (Fsp3) is 0.538. The average molecular weight is 268 g/mol. The highest BCUT2D eigenvalue weighted by Gasteiger charge is 2.12. The SMILES string of the molecule is CC.CCNCCc1csc(C2N=CC=CN2)n1.[HH]. The molecule has 1 aromatic heterocycles. The van der Waals surface area contributed by atoms with Crippen molar-refractivity contribution in [3.8, 4) is 0 Å². The van der Waals surface area contributed by atoms with Crippen molar-refractivity contribution in [2.24, 2.45) is 4.99 Å². The zero-order chi connectivity index (χ0) is 13.2. The number of rotatable bonds is 5. The molecule has 2 heterocycles. The van der Waals surface area contributed by atoms with Crippen LogP contribution in [-0.4, -0.2) is 24.3 Å². The van der Waals surface area contributed by atoms with Gasteiger partial charge in [-0.1, -0.05) is 20.8 Å². The predicted octanol–water partition coefficient (Wildman–Crippen LogP) is 2.75. The van der Waals surface area contributed by atoms with Gasteiger partial charge in [0.15, 0.2) is 6.17 Å². The molecule has 0 aromatic carbocycles. The smallest absolute Gasteiger partial charge is 0.170 e. The Kier molecular flexibility index (Phi) is 7.29. The summed E-state index contributed by atoms with van der Waals surface area (Å²) in [6.07, 6.45) is 6.58. The van der Waals surface area contributed by atoms with Crippen LogP contribution in [0, 0.1) is 0 Å². The van der Waals surface area contributed by atoms with Crippen LogP contribution in [0.1, 0.15) is 39.1 Å². The fourth-order valence-corrected chi connectivity index (χ4v) is 2.31. The van der Waals surface area contributed by atoms with Crippen LogP contribution in [-0.2, 0) is 6.42 Å². The summed E-state index contributed by atoms with van der Waals surface area (Å²) in [5.41, 5.74) is 1.15. The van der Waals surface area contributed by atoms with Crippen LogP contribution in [0.25, 0.3) is 0 Å². The third kappa shape index (κ3) is 4.58. The van der Waals surface area contributed by atoms with Crippen molar-refractivity contribution in [1.29, 1.82) is 0 Å². The molecule has 0 saturated heterocycles. The number of nitrogens with one attached hydrogen (secondary N) is 2. The maximum absolute atomic E-state index is 4.57. The zero-order valence-corrected chi connectivity index (χ0v) is 12.1. The first-order valence-corrected chi connectivity index (χ1v) is 7.37. The lowest BCUT2D eigenvalue weighted by molar-refractivity contribution is 0.642. The Morgan fingerprint density at radius 1 is 1.50 bits per heavy atom. The molecule has 2 N–H and O–H groups in total. The summed E-state index contributed by atoms with van der Waals surface area (Å²) in [6, 6.07) is 0. The Labute approximate surface area is 115 Å². The Morgan fingerprint density at radius 3 is 3.00 bits per heavy atom. The van der Waals surface area contributed by atoms with Crippen molar-refractivity contribution in [2.45, 2.75) is 33.4 Å². The molecule has 0 saturated carbocycles. The molecule has 0 fully saturated rings. The fourth-order valence-electron chi connectivity index (χ4n) is 1.46. The molecule has 18 heavy (non-hydrogen) atoms. The van der Waals surface area contributed by atoms with Gasteiger partial charge in [0.25, 0.3) is 0 Å². The summed E-state index contributed by atoms with van der Waals surface area (Å²) in [5.74, 6) is 0. The van der Waals surface area contributed by atoms with Crippen LogP contribution in [0.2, 0.25) is 0 Å². The van der Waals surface area contributed by atoms with Gasteiger partial charge in [0.1, 0.15) is 5.01 Å². The van der Waals surface area contributed by atoms with E-state index in [2.05, 4.69) is 32.9 Å². The van der Waals surface area contributed by atoms with Gasteiger partial charge in [0, 0.05) is 26.0 Å². The number of hydrogen-bond acceptors (Lipinski definition) is 5. The summed E-state index contributed by atoms with van der Waals surface area (Å²) < 4.78 is 0. The largest absolute Gasteiger partial charge is 0.364 e. The number of likely N-dealkylation sites (N-methyl/N-ethyl adjacent to an activating group) is 1. The number of thiazole rings is 1. The van der Waals surface area contributed by atoms with Crippen LogP contribution in [0.5, 0.6) is 0 Å². The normalized spacial score (nSPS) is 16.9.